The molecule has 0 bridgehead atoms. The van der Waals surface area contributed by atoms with Gasteiger partial charge in [-0.3, -0.25) is 4.79 Å². The summed E-state index contributed by atoms with van der Waals surface area (Å²) < 4.78 is 0. The molecule has 0 spiro atoms. The topological polar surface area (TPSA) is 20.3 Å². The summed E-state index contributed by atoms with van der Waals surface area (Å²) in [5.74, 6) is 0.588. The molecule has 1 fully saturated rings. The van der Waals surface area contributed by atoms with E-state index in [1.165, 1.54) is 0 Å². The van der Waals surface area contributed by atoms with Gasteiger partial charge in [0.05, 0.1) is 0 Å². The summed E-state index contributed by atoms with van der Waals surface area (Å²) in [5, 5.41) is 0. The van der Waals surface area contributed by atoms with Gasteiger partial charge in [-0.2, -0.15) is 0 Å². The van der Waals surface area contributed by atoms with Crippen molar-refractivity contribution in [2.24, 2.45) is 5.92 Å². The molecule has 0 aliphatic carbocycles. The maximum absolute atomic E-state index is 11.3. The van der Waals surface area contributed by atoms with E-state index in [0.29, 0.717) is 11.9 Å². The van der Waals surface area contributed by atoms with E-state index in [1.54, 1.807) is 0 Å². The predicted molar refractivity (Wildman–Crippen MR) is 40.6 cm³/mol. The summed E-state index contributed by atoms with van der Waals surface area (Å²) in [6.07, 6.45) is 1.03. The second kappa shape index (κ2) is 2.60. The third-order valence-electron chi connectivity index (χ3n) is 2.27. The highest BCUT2D eigenvalue weighted by atomic mass is 16.2. The van der Waals surface area contributed by atoms with Crippen LogP contribution in [0, 0.1) is 5.92 Å². The Kier molecular flexibility index (Phi) is 1.97. The van der Waals surface area contributed by atoms with E-state index in [1.807, 2.05) is 18.7 Å². The molecule has 2 nitrogen and oxygen atoms in total. The van der Waals surface area contributed by atoms with Crippen LogP contribution < -0.4 is 0 Å². The van der Waals surface area contributed by atoms with E-state index < -0.39 is 0 Å². The number of hydrogen-bond acceptors (Lipinski definition) is 1. The molecule has 0 aromatic carbocycles. The highest BCUT2D eigenvalue weighted by molar-refractivity contribution is 5.80. The van der Waals surface area contributed by atoms with Crippen molar-refractivity contribution in [2.75, 3.05) is 6.54 Å². The SMILES string of the molecule is CCN1C(=O)C(C)CC1C. The molecule has 2 heteroatoms. The van der Waals surface area contributed by atoms with Gasteiger partial charge in [0.2, 0.25) is 5.91 Å². The second-order valence-corrected chi connectivity index (χ2v) is 3.11. The van der Waals surface area contributed by atoms with Crippen molar-refractivity contribution < 1.29 is 4.79 Å². The summed E-state index contributed by atoms with van der Waals surface area (Å²) in [7, 11) is 0. The maximum atomic E-state index is 11.3. The van der Waals surface area contributed by atoms with Crippen LogP contribution in [0.4, 0.5) is 0 Å². The molecule has 10 heavy (non-hydrogen) atoms. The third-order valence-corrected chi connectivity index (χ3v) is 2.27. The van der Waals surface area contributed by atoms with Crippen molar-refractivity contribution in [3.05, 3.63) is 0 Å². The molecular weight excluding hydrogens is 126 g/mol. The van der Waals surface area contributed by atoms with Gasteiger partial charge in [-0.15, -0.1) is 0 Å². The molecule has 0 aromatic heterocycles. The molecule has 1 amide bonds. The second-order valence-electron chi connectivity index (χ2n) is 3.11. The molecule has 58 valence electrons. The van der Waals surface area contributed by atoms with E-state index in [0.717, 1.165) is 13.0 Å². The third kappa shape index (κ3) is 1.02. The zero-order chi connectivity index (χ0) is 7.72. The van der Waals surface area contributed by atoms with Crippen LogP contribution in [-0.2, 0) is 4.79 Å². The van der Waals surface area contributed by atoms with Gasteiger partial charge in [-0.25, -0.2) is 0 Å². The Morgan fingerprint density at radius 3 is 2.40 bits per heavy atom. The normalized spacial score (nSPS) is 33.5. The first-order valence-corrected chi connectivity index (χ1v) is 3.97. The minimum absolute atomic E-state index is 0.259. The van der Waals surface area contributed by atoms with E-state index in [2.05, 4.69) is 6.92 Å². The quantitative estimate of drug-likeness (QED) is 0.538. The van der Waals surface area contributed by atoms with Crippen molar-refractivity contribution in [2.45, 2.75) is 33.2 Å². The molecule has 2 atom stereocenters. The fourth-order valence-corrected chi connectivity index (χ4v) is 1.71. The first-order chi connectivity index (χ1) is 4.66. The van der Waals surface area contributed by atoms with E-state index in [9.17, 15) is 4.79 Å². The Labute approximate surface area is 62.2 Å². The van der Waals surface area contributed by atoms with Crippen molar-refractivity contribution >= 4 is 5.91 Å². The molecule has 1 saturated heterocycles. The molecule has 1 heterocycles. The number of carbonyl (C=O) groups is 1. The fourth-order valence-electron chi connectivity index (χ4n) is 1.71. The van der Waals surface area contributed by atoms with Gasteiger partial charge in [0.15, 0.2) is 0 Å². The average molecular weight is 141 g/mol. The molecule has 2 unspecified atom stereocenters. The van der Waals surface area contributed by atoms with Crippen LogP contribution in [0.25, 0.3) is 0 Å². The highest BCUT2D eigenvalue weighted by Gasteiger charge is 2.32. The van der Waals surface area contributed by atoms with Crippen LogP contribution >= 0.6 is 0 Å². The van der Waals surface area contributed by atoms with Crippen LogP contribution in [0.15, 0.2) is 0 Å². The molecular formula is C8H15NO. The van der Waals surface area contributed by atoms with Crippen molar-refractivity contribution in [1.29, 1.82) is 0 Å². The van der Waals surface area contributed by atoms with Gasteiger partial charge in [0.1, 0.15) is 0 Å². The van der Waals surface area contributed by atoms with Crippen molar-refractivity contribution in [1.82, 2.24) is 4.90 Å². The van der Waals surface area contributed by atoms with Crippen molar-refractivity contribution in [3.8, 4) is 0 Å². The lowest BCUT2D eigenvalue weighted by Crippen LogP contribution is -2.31. The van der Waals surface area contributed by atoms with Crippen LogP contribution in [0.2, 0.25) is 0 Å². The molecule has 1 rings (SSSR count). The van der Waals surface area contributed by atoms with Gasteiger partial charge in [-0.1, -0.05) is 6.92 Å². The van der Waals surface area contributed by atoms with E-state index in [-0.39, 0.29) is 5.92 Å². The lowest BCUT2D eigenvalue weighted by Gasteiger charge is -2.18. The Bertz CT molecular complexity index is 144. The van der Waals surface area contributed by atoms with E-state index >= 15 is 0 Å². The van der Waals surface area contributed by atoms with Gasteiger partial charge in [0, 0.05) is 18.5 Å². The summed E-state index contributed by atoms with van der Waals surface area (Å²) in [5.41, 5.74) is 0. The fraction of sp³-hybridized carbons (Fsp3) is 0.875. The zero-order valence-electron chi connectivity index (χ0n) is 6.92. The number of likely N-dealkylation sites (tertiary alicyclic amines) is 1. The van der Waals surface area contributed by atoms with Gasteiger partial charge in [0.25, 0.3) is 0 Å². The Balaban J connectivity index is 2.64. The van der Waals surface area contributed by atoms with Gasteiger partial charge < -0.3 is 4.90 Å². The summed E-state index contributed by atoms with van der Waals surface area (Å²) in [4.78, 5) is 13.2. The number of carbonyl (C=O) groups excluding carboxylic acids is 1. The largest absolute Gasteiger partial charge is 0.340 e. The molecule has 0 N–H and O–H groups in total. The average Bonchev–Trinajstić information content (AvgIpc) is 2.09. The molecule has 0 saturated carbocycles. The Hall–Kier alpha value is -0.530. The van der Waals surface area contributed by atoms with Crippen LogP contribution in [0.5, 0.6) is 0 Å². The molecule has 1 aliphatic heterocycles. The zero-order valence-corrected chi connectivity index (χ0v) is 6.92. The summed E-state index contributed by atoms with van der Waals surface area (Å²) >= 11 is 0. The standard InChI is InChI=1S/C8H15NO/c1-4-9-7(3)5-6(2)8(9)10/h6-7H,4-5H2,1-3H3. The first-order valence-electron chi connectivity index (χ1n) is 3.97. The molecule has 1 aliphatic rings. The van der Waals surface area contributed by atoms with Crippen LogP contribution in [0.3, 0.4) is 0 Å². The van der Waals surface area contributed by atoms with Crippen LogP contribution in [-0.4, -0.2) is 23.4 Å². The van der Waals surface area contributed by atoms with E-state index in [4.69, 9.17) is 0 Å². The number of nitrogens with zero attached hydrogens (tertiary/aromatic N) is 1. The van der Waals surface area contributed by atoms with Crippen molar-refractivity contribution in [3.63, 3.8) is 0 Å². The molecule has 0 radical (unpaired) electrons. The molecule has 0 aromatic rings. The van der Waals surface area contributed by atoms with Crippen LogP contribution in [0.1, 0.15) is 27.2 Å². The number of hydrogen-bond donors (Lipinski definition) is 0. The number of rotatable bonds is 1. The highest BCUT2D eigenvalue weighted by Crippen LogP contribution is 2.22. The smallest absolute Gasteiger partial charge is 0.225 e. The number of amides is 1. The maximum Gasteiger partial charge on any atom is 0.225 e. The Morgan fingerprint density at radius 1 is 1.60 bits per heavy atom. The summed E-state index contributed by atoms with van der Waals surface area (Å²) in [6, 6.07) is 0.465. The van der Waals surface area contributed by atoms with Gasteiger partial charge >= 0.3 is 0 Å². The lowest BCUT2D eigenvalue weighted by atomic mass is 10.1. The monoisotopic (exact) mass is 141 g/mol. The predicted octanol–water partition coefficient (Wildman–Crippen LogP) is 1.26. The lowest BCUT2D eigenvalue weighted by molar-refractivity contribution is -0.131. The first kappa shape index (κ1) is 7.58. The Morgan fingerprint density at radius 2 is 2.20 bits per heavy atom. The minimum Gasteiger partial charge on any atom is -0.340 e. The summed E-state index contributed by atoms with van der Waals surface area (Å²) in [6.45, 7) is 7.02. The minimum atomic E-state index is 0.259. The van der Waals surface area contributed by atoms with Gasteiger partial charge in [-0.05, 0) is 20.3 Å².